The molecule has 5 nitrogen and oxygen atoms in total. The summed E-state index contributed by atoms with van der Waals surface area (Å²) >= 11 is 0. The van der Waals surface area contributed by atoms with Crippen LogP contribution in [0.15, 0.2) is 0 Å². The maximum atomic E-state index is 12.3. The molecule has 2 fully saturated rings. The van der Waals surface area contributed by atoms with Crippen molar-refractivity contribution >= 4 is 5.91 Å². The first-order valence-corrected chi connectivity index (χ1v) is 7.20. The molecule has 0 radical (unpaired) electrons. The van der Waals surface area contributed by atoms with Crippen molar-refractivity contribution in [2.75, 3.05) is 39.4 Å². The van der Waals surface area contributed by atoms with Crippen molar-refractivity contribution in [2.24, 2.45) is 11.3 Å². The Labute approximate surface area is 114 Å². The molecule has 19 heavy (non-hydrogen) atoms. The van der Waals surface area contributed by atoms with E-state index < -0.39 is 5.41 Å². The van der Waals surface area contributed by atoms with Crippen molar-refractivity contribution in [1.29, 1.82) is 5.26 Å². The Hall–Kier alpha value is -1.12. The van der Waals surface area contributed by atoms with E-state index in [1.54, 1.807) is 0 Å². The number of hydrogen-bond donors (Lipinski definition) is 1. The van der Waals surface area contributed by atoms with Gasteiger partial charge >= 0.3 is 0 Å². The summed E-state index contributed by atoms with van der Waals surface area (Å²) in [5, 5.41) is 12.3. The van der Waals surface area contributed by atoms with E-state index in [0.29, 0.717) is 38.5 Å². The summed E-state index contributed by atoms with van der Waals surface area (Å²) in [7, 11) is 0. The number of nitrogens with one attached hydrogen (secondary N) is 1. The molecule has 5 heteroatoms. The molecule has 106 valence electrons. The second-order valence-electron chi connectivity index (χ2n) is 5.56. The van der Waals surface area contributed by atoms with Gasteiger partial charge in [0.15, 0.2) is 0 Å². The highest BCUT2D eigenvalue weighted by atomic mass is 16.5. The number of likely N-dealkylation sites (tertiary alicyclic amines) is 1. The van der Waals surface area contributed by atoms with Gasteiger partial charge in [0.25, 0.3) is 0 Å². The average molecular weight is 265 g/mol. The zero-order valence-corrected chi connectivity index (χ0v) is 11.7. The predicted octanol–water partition coefficient (Wildman–Crippen LogP) is 0.765. The van der Waals surface area contributed by atoms with Crippen LogP contribution >= 0.6 is 0 Å². The molecule has 1 unspecified atom stereocenters. The van der Waals surface area contributed by atoms with Gasteiger partial charge in [-0.1, -0.05) is 6.92 Å². The van der Waals surface area contributed by atoms with Crippen LogP contribution < -0.4 is 5.32 Å². The van der Waals surface area contributed by atoms with Gasteiger partial charge in [-0.25, -0.2) is 0 Å². The smallest absolute Gasteiger partial charge is 0.240 e. The van der Waals surface area contributed by atoms with Gasteiger partial charge in [0.05, 0.1) is 6.07 Å². The summed E-state index contributed by atoms with van der Waals surface area (Å²) < 4.78 is 5.25. The Kier molecular flexibility index (Phi) is 4.78. The number of amides is 1. The van der Waals surface area contributed by atoms with Crippen LogP contribution in [-0.2, 0) is 9.53 Å². The molecule has 2 aliphatic heterocycles. The Morgan fingerprint density at radius 3 is 2.84 bits per heavy atom. The van der Waals surface area contributed by atoms with Crippen molar-refractivity contribution < 1.29 is 9.53 Å². The minimum atomic E-state index is -0.860. The summed E-state index contributed by atoms with van der Waals surface area (Å²) in [6.45, 7) is 7.12. The first kappa shape index (κ1) is 14.3. The maximum Gasteiger partial charge on any atom is 0.240 e. The third kappa shape index (κ3) is 3.26. The molecule has 0 bridgehead atoms. The lowest BCUT2D eigenvalue weighted by Crippen LogP contribution is -2.45. The van der Waals surface area contributed by atoms with Crippen LogP contribution in [0.2, 0.25) is 0 Å². The summed E-state index contributed by atoms with van der Waals surface area (Å²) in [4.78, 5) is 14.7. The second-order valence-corrected chi connectivity index (χ2v) is 5.56. The lowest BCUT2D eigenvalue weighted by atomic mass is 9.81. The molecule has 0 spiro atoms. The van der Waals surface area contributed by atoms with Gasteiger partial charge in [-0.3, -0.25) is 4.79 Å². The van der Waals surface area contributed by atoms with Crippen LogP contribution in [0.1, 0.15) is 26.2 Å². The van der Waals surface area contributed by atoms with Crippen LogP contribution in [-0.4, -0.2) is 50.2 Å². The molecule has 1 amide bonds. The third-order valence-corrected chi connectivity index (χ3v) is 4.36. The molecule has 0 aromatic rings. The van der Waals surface area contributed by atoms with Crippen LogP contribution in [0.4, 0.5) is 0 Å². The highest BCUT2D eigenvalue weighted by Gasteiger charge is 2.40. The Morgan fingerprint density at radius 1 is 1.53 bits per heavy atom. The molecule has 0 aromatic carbocycles. The summed E-state index contributed by atoms with van der Waals surface area (Å²) in [5.41, 5.74) is -0.860. The van der Waals surface area contributed by atoms with Crippen LogP contribution in [0.25, 0.3) is 0 Å². The van der Waals surface area contributed by atoms with Crippen LogP contribution in [0, 0.1) is 22.7 Å². The minimum absolute atomic E-state index is 0.103. The molecular formula is C14H23N3O2. The van der Waals surface area contributed by atoms with Gasteiger partial charge in [-0.15, -0.1) is 0 Å². The van der Waals surface area contributed by atoms with Gasteiger partial charge < -0.3 is 15.0 Å². The van der Waals surface area contributed by atoms with Gasteiger partial charge in [-0.2, -0.15) is 5.26 Å². The zero-order valence-electron chi connectivity index (χ0n) is 11.7. The molecular weight excluding hydrogens is 242 g/mol. The fourth-order valence-corrected chi connectivity index (χ4v) is 2.88. The molecule has 0 saturated carbocycles. The number of rotatable bonds is 4. The van der Waals surface area contributed by atoms with Gasteiger partial charge in [-0.05, 0) is 38.3 Å². The van der Waals surface area contributed by atoms with E-state index in [4.69, 9.17) is 4.74 Å². The van der Waals surface area contributed by atoms with E-state index >= 15 is 0 Å². The van der Waals surface area contributed by atoms with Gasteiger partial charge in [0, 0.05) is 26.3 Å². The van der Waals surface area contributed by atoms with Crippen molar-refractivity contribution in [3.8, 4) is 6.07 Å². The van der Waals surface area contributed by atoms with Crippen molar-refractivity contribution in [1.82, 2.24) is 10.2 Å². The molecule has 2 rings (SSSR count). The highest BCUT2D eigenvalue weighted by Crippen LogP contribution is 2.30. The topological polar surface area (TPSA) is 65.4 Å². The van der Waals surface area contributed by atoms with E-state index in [1.807, 2.05) is 0 Å². The number of carbonyl (C=O) groups is 1. The number of nitriles is 1. The quantitative estimate of drug-likeness (QED) is 0.815. The van der Waals surface area contributed by atoms with E-state index in [0.717, 1.165) is 26.1 Å². The number of nitrogens with zero attached hydrogens (tertiary/aromatic N) is 2. The molecule has 1 atom stereocenters. The normalized spacial score (nSPS) is 26.8. The minimum Gasteiger partial charge on any atom is -0.381 e. The molecule has 2 heterocycles. The standard InChI is InChI=1S/C14H23N3O2/c1-2-17-6-3-12(10-17)9-16-13(18)14(11-15)4-7-19-8-5-14/h12H,2-10H2,1H3,(H,16,18). The molecule has 0 aliphatic carbocycles. The Bertz CT molecular complexity index is 358. The SMILES string of the molecule is CCN1CCC(CNC(=O)C2(C#N)CCOCC2)C1. The number of hydrogen-bond acceptors (Lipinski definition) is 4. The van der Waals surface area contributed by atoms with E-state index in [1.165, 1.54) is 0 Å². The Balaban J connectivity index is 1.82. The second kappa shape index (κ2) is 6.36. The molecule has 1 N–H and O–H groups in total. The first-order chi connectivity index (χ1) is 9.20. The molecule has 0 aromatic heterocycles. The summed E-state index contributed by atoms with van der Waals surface area (Å²) in [6, 6.07) is 2.21. The third-order valence-electron chi connectivity index (χ3n) is 4.36. The van der Waals surface area contributed by atoms with Crippen molar-refractivity contribution in [3.05, 3.63) is 0 Å². The van der Waals surface area contributed by atoms with E-state index in [2.05, 4.69) is 23.2 Å². The molecule has 2 saturated heterocycles. The monoisotopic (exact) mass is 265 g/mol. The largest absolute Gasteiger partial charge is 0.381 e. The summed E-state index contributed by atoms with van der Waals surface area (Å²) in [6.07, 6.45) is 2.17. The van der Waals surface area contributed by atoms with Crippen molar-refractivity contribution in [3.63, 3.8) is 0 Å². The predicted molar refractivity (Wildman–Crippen MR) is 71.3 cm³/mol. The first-order valence-electron chi connectivity index (χ1n) is 7.20. The number of ether oxygens (including phenoxy) is 1. The average Bonchev–Trinajstić information content (AvgIpc) is 2.93. The lowest BCUT2D eigenvalue weighted by molar-refractivity contribution is -0.132. The highest BCUT2D eigenvalue weighted by molar-refractivity contribution is 5.85. The van der Waals surface area contributed by atoms with Crippen LogP contribution in [0.3, 0.4) is 0 Å². The van der Waals surface area contributed by atoms with Crippen molar-refractivity contribution in [2.45, 2.75) is 26.2 Å². The zero-order chi connectivity index (χ0) is 13.7. The fourth-order valence-electron chi connectivity index (χ4n) is 2.88. The van der Waals surface area contributed by atoms with Crippen LogP contribution in [0.5, 0.6) is 0 Å². The van der Waals surface area contributed by atoms with Gasteiger partial charge in [0.1, 0.15) is 5.41 Å². The van der Waals surface area contributed by atoms with E-state index in [-0.39, 0.29) is 5.91 Å². The van der Waals surface area contributed by atoms with E-state index in [9.17, 15) is 10.1 Å². The fraction of sp³-hybridized carbons (Fsp3) is 0.857. The maximum absolute atomic E-state index is 12.3. The summed E-state index contributed by atoms with van der Waals surface area (Å²) in [5.74, 6) is 0.424. The lowest BCUT2D eigenvalue weighted by Gasteiger charge is -2.29. The van der Waals surface area contributed by atoms with Gasteiger partial charge in [0.2, 0.25) is 5.91 Å². The Morgan fingerprint density at radius 2 is 2.26 bits per heavy atom. The number of carbonyl (C=O) groups excluding carboxylic acids is 1. The molecule has 2 aliphatic rings.